The quantitative estimate of drug-likeness (QED) is 0.469. The molecule has 0 radical (unpaired) electrons. The van der Waals surface area contributed by atoms with Gasteiger partial charge >= 0.3 is 0 Å². The summed E-state index contributed by atoms with van der Waals surface area (Å²) in [6, 6.07) is 9.33. The predicted octanol–water partition coefficient (Wildman–Crippen LogP) is 4.77. The van der Waals surface area contributed by atoms with Crippen molar-refractivity contribution >= 4 is 29.1 Å². The van der Waals surface area contributed by atoms with Crippen LogP contribution in [0.1, 0.15) is 27.5 Å². The van der Waals surface area contributed by atoms with E-state index >= 15 is 0 Å². The van der Waals surface area contributed by atoms with Crippen LogP contribution in [-0.2, 0) is 6.54 Å². The lowest BCUT2D eigenvalue weighted by Gasteiger charge is -2.07. The summed E-state index contributed by atoms with van der Waals surface area (Å²) in [4.78, 5) is 16.8. The van der Waals surface area contributed by atoms with Gasteiger partial charge in [0.25, 0.3) is 0 Å². The molecule has 0 amide bonds. The van der Waals surface area contributed by atoms with Crippen molar-refractivity contribution in [2.45, 2.75) is 25.4 Å². The lowest BCUT2D eigenvalue weighted by atomic mass is 10.2. The molecule has 0 saturated heterocycles. The Balaban J connectivity index is 1.72. The van der Waals surface area contributed by atoms with Gasteiger partial charge in [0.1, 0.15) is 5.76 Å². The lowest BCUT2D eigenvalue weighted by molar-refractivity contribution is 0.102. The first-order chi connectivity index (χ1) is 11.5. The fraction of sp³-hybridized carbons (Fsp3) is 0.222. The Bertz CT molecular complexity index is 839. The summed E-state index contributed by atoms with van der Waals surface area (Å²) in [7, 11) is 0. The van der Waals surface area contributed by atoms with E-state index in [1.54, 1.807) is 18.5 Å². The van der Waals surface area contributed by atoms with Crippen molar-refractivity contribution in [3.8, 4) is 0 Å². The van der Waals surface area contributed by atoms with Crippen LogP contribution >= 0.6 is 23.4 Å². The third-order valence-electron chi connectivity index (χ3n) is 3.82. The van der Waals surface area contributed by atoms with Gasteiger partial charge in [0.05, 0.1) is 28.6 Å². The van der Waals surface area contributed by atoms with Gasteiger partial charge in [0.2, 0.25) is 0 Å². The van der Waals surface area contributed by atoms with Crippen molar-refractivity contribution in [3.63, 3.8) is 0 Å². The molecule has 0 N–H and O–H groups in total. The minimum atomic E-state index is 0.0931. The molecule has 0 aromatic carbocycles. The van der Waals surface area contributed by atoms with Gasteiger partial charge in [0, 0.05) is 23.1 Å². The highest BCUT2D eigenvalue weighted by atomic mass is 35.5. The lowest BCUT2D eigenvalue weighted by Crippen LogP contribution is -2.07. The second-order valence-electron chi connectivity index (χ2n) is 5.48. The van der Waals surface area contributed by atoms with Crippen LogP contribution in [0.4, 0.5) is 0 Å². The monoisotopic (exact) mass is 360 g/mol. The first-order valence-corrected chi connectivity index (χ1v) is 8.87. The van der Waals surface area contributed by atoms with Gasteiger partial charge in [-0.1, -0.05) is 23.4 Å². The minimum absolute atomic E-state index is 0.0931. The first kappa shape index (κ1) is 16.9. The molecular formula is C18H17ClN2O2S. The molecule has 0 aliphatic carbocycles. The first-order valence-electron chi connectivity index (χ1n) is 7.51. The number of pyridine rings is 1. The second kappa shape index (κ2) is 7.28. The summed E-state index contributed by atoms with van der Waals surface area (Å²) in [5.41, 5.74) is 2.75. The Labute approximate surface area is 149 Å². The number of hydrogen-bond acceptors (Lipinski definition) is 4. The minimum Gasteiger partial charge on any atom is -0.467 e. The maximum absolute atomic E-state index is 12.6. The number of Topliss-reactive ketones (excluding diaryl/α,β-unsaturated/α-hetero) is 1. The molecule has 3 aromatic heterocycles. The van der Waals surface area contributed by atoms with Gasteiger partial charge in [-0.15, -0.1) is 0 Å². The van der Waals surface area contributed by atoms with Gasteiger partial charge in [-0.3, -0.25) is 4.79 Å². The van der Waals surface area contributed by atoms with Crippen LogP contribution in [0.3, 0.4) is 0 Å². The summed E-state index contributed by atoms with van der Waals surface area (Å²) >= 11 is 7.23. The highest BCUT2D eigenvalue weighted by Crippen LogP contribution is 2.22. The van der Waals surface area contributed by atoms with Crippen LogP contribution in [0.25, 0.3) is 0 Å². The van der Waals surface area contributed by atoms with Gasteiger partial charge < -0.3 is 8.98 Å². The molecule has 0 spiro atoms. The molecule has 0 aliphatic rings. The number of hydrogen-bond donors (Lipinski definition) is 0. The Morgan fingerprint density at radius 1 is 1.33 bits per heavy atom. The van der Waals surface area contributed by atoms with Crippen molar-refractivity contribution in [2.75, 3.05) is 5.75 Å². The highest BCUT2D eigenvalue weighted by molar-refractivity contribution is 7.99. The number of thioether (sulfide) groups is 1. The third kappa shape index (κ3) is 3.74. The number of carbonyl (C=O) groups is 1. The van der Waals surface area contributed by atoms with Crippen LogP contribution in [0.2, 0.25) is 5.02 Å². The summed E-state index contributed by atoms with van der Waals surface area (Å²) < 4.78 is 7.50. The van der Waals surface area contributed by atoms with E-state index in [4.69, 9.17) is 16.0 Å². The molecule has 24 heavy (non-hydrogen) atoms. The Morgan fingerprint density at radius 2 is 2.17 bits per heavy atom. The Hall–Kier alpha value is -1.98. The molecule has 3 aromatic rings. The van der Waals surface area contributed by atoms with Crippen molar-refractivity contribution in [3.05, 3.63) is 70.5 Å². The van der Waals surface area contributed by atoms with Crippen molar-refractivity contribution in [1.29, 1.82) is 0 Å². The molecule has 6 heteroatoms. The van der Waals surface area contributed by atoms with Crippen LogP contribution in [-0.4, -0.2) is 21.1 Å². The largest absolute Gasteiger partial charge is 0.467 e. The zero-order valence-corrected chi connectivity index (χ0v) is 15.0. The van der Waals surface area contributed by atoms with Gasteiger partial charge in [-0.05, 0) is 44.2 Å². The maximum atomic E-state index is 12.6. The molecule has 0 fully saturated rings. The van der Waals surface area contributed by atoms with Crippen LogP contribution in [0.15, 0.2) is 52.2 Å². The molecule has 3 heterocycles. The van der Waals surface area contributed by atoms with Crippen LogP contribution in [0, 0.1) is 13.8 Å². The molecule has 0 unspecified atom stereocenters. The molecular weight excluding hydrogens is 344 g/mol. The third-order valence-corrected chi connectivity index (χ3v) is 4.99. The molecule has 0 bridgehead atoms. The average Bonchev–Trinajstić information content (AvgIpc) is 3.18. The molecule has 4 nitrogen and oxygen atoms in total. The standard InChI is InChI=1S/C18H17ClN2O2S/c1-12-8-16(13(2)21(12)10-15-4-3-7-23-15)17(22)11-24-18-6-5-14(19)9-20-18/h3-9H,10-11H2,1-2H3. The maximum Gasteiger partial charge on any atom is 0.174 e. The van der Waals surface area contributed by atoms with Gasteiger partial charge in [-0.25, -0.2) is 4.98 Å². The predicted molar refractivity (Wildman–Crippen MR) is 96.0 cm³/mol. The Kier molecular flexibility index (Phi) is 5.11. The Morgan fingerprint density at radius 3 is 2.83 bits per heavy atom. The molecule has 3 rings (SSSR count). The summed E-state index contributed by atoms with van der Waals surface area (Å²) in [5.74, 6) is 1.31. The second-order valence-corrected chi connectivity index (χ2v) is 6.91. The van der Waals surface area contributed by atoms with Gasteiger partial charge in [-0.2, -0.15) is 0 Å². The van der Waals surface area contributed by atoms with E-state index in [9.17, 15) is 4.79 Å². The van der Waals surface area contributed by atoms with E-state index in [1.807, 2.05) is 38.1 Å². The number of ketones is 1. The number of aryl methyl sites for hydroxylation is 1. The van der Waals surface area contributed by atoms with E-state index in [0.29, 0.717) is 17.3 Å². The fourth-order valence-electron chi connectivity index (χ4n) is 2.55. The number of nitrogens with zero attached hydrogens (tertiary/aromatic N) is 2. The number of carbonyl (C=O) groups excluding carboxylic acids is 1. The van der Waals surface area contributed by atoms with Crippen molar-refractivity contribution in [2.24, 2.45) is 0 Å². The summed E-state index contributed by atoms with van der Waals surface area (Å²) in [5, 5.41) is 1.38. The molecule has 0 saturated carbocycles. The number of aromatic nitrogens is 2. The van der Waals surface area contributed by atoms with Crippen LogP contribution in [0.5, 0.6) is 0 Å². The van der Waals surface area contributed by atoms with Crippen LogP contribution < -0.4 is 0 Å². The van der Waals surface area contributed by atoms with Crippen molar-refractivity contribution < 1.29 is 9.21 Å². The molecule has 0 aliphatic heterocycles. The topological polar surface area (TPSA) is 48.0 Å². The number of furan rings is 1. The van der Waals surface area contributed by atoms with E-state index < -0.39 is 0 Å². The van der Waals surface area contributed by atoms with E-state index in [0.717, 1.165) is 27.7 Å². The number of halogens is 1. The highest BCUT2D eigenvalue weighted by Gasteiger charge is 2.16. The zero-order valence-electron chi connectivity index (χ0n) is 13.5. The fourth-order valence-corrected chi connectivity index (χ4v) is 3.39. The summed E-state index contributed by atoms with van der Waals surface area (Å²) in [6.07, 6.45) is 3.24. The van der Waals surface area contributed by atoms with E-state index in [2.05, 4.69) is 9.55 Å². The number of rotatable bonds is 6. The smallest absolute Gasteiger partial charge is 0.174 e. The van der Waals surface area contributed by atoms with Crippen molar-refractivity contribution in [1.82, 2.24) is 9.55 Å². The van der Waals surface area contributed by atoms with Gasteiger partial charge in [0.15, 0.2) is 5.78 Å². The summed E-state index contributed by atoms with van der Waals surface area (Å²) in [6.45, 7) is 4.60. The van der Waals surface area contributed by atoms with E-state index in [1.165, 1.54) is 11.8 Å². The SMILES string of the molecule is Cc1cc(C(=O)CSc2ccc(Cl)cn2)c(C)n1Cc1ccco1. The average molecular weight is 361 g/mol. The van der Waals surface area contributed by atoms with E-state index in [-0.39, 0.29) is 5.78 Å². The molecule has 0 atom stereocenters. The normalized spacial score (nSPS) is 11.0. The molecule has 124 valence electrons. The zero-order chi connectivity index (χ0) is 17.1.